The first-order valence-corrected chi connectivity index (χ1v) is 15.0. The number of rotatable bonds is 2. The van der Waals surface area contributed by atoms with E-state index in [2.05, 4.69) is 0 Å². The van der Waals surface area contributed by atoms with Crippen molar-refractivity contribution in [3.63, 3.8) is 0 Å². The molecule has 1 atom stereocenters. The Balaban J connectivity index is 1.76. The van der Waals surface area contributed by atoms with Gasteiger partial charge in [0.1, 0.15) is 16.9 Å². The van der Waals surface area contributed by atoms with Crippen LogP contribution in [-0.2, 0) is 14.3 Å². The van der Waals surface area contributed by atoms with Gasteiger partial charge in [0.15, 0.2) is 0 Å². The molecule has 2 aliphatic rings. The number of ether oxygens (including phenoxy) is 2. The molecule has 0 spiro atoms. The summed E-state index contributed by atoms with van der Waals surface area (Å²) in [5, 5.41) is 13.4. The molecule has 236 valence electrons. The first-order valence-electron chi connectivity index (χ1n) is 14.2. The molecule has 0 bridgehead atoms. The van der Waals surface area contributed by atoms with Crippen LogP contribution in [0.5, 0.6) is 0 Å². The summed E-state index contributed by atoms with van der Waals surface area (Å²) in [5.41, 5.74) is -1.18. The van der Waals surface area contributed by atoms with Gasteiger partial charge in [0.2, 0.25) is 0 Å². The molecular formula is C33H33Cl2N3O7. The summed E-state index contributed by atoms with van der Waals surface area (Å²) < 4.78 is 12.1. The number of anilines is 1. The van der Waals surface area contributed by atoms with Crippen LogP contribution in [0, 0.1) is 6.92 Å². The molecule has 0 radical (unpaired) electrons. The van der Waals surface area contributed by atoms with Crippen LogP contribution in [0.25, 0.3) is 21.9 Å². The van der Waals surface area contributed by atoms with Gasteiger partial charge >= 0.3 is 18.2 Å². The van der Waals surface area contributed by atoms with Gasteiger partial charge in [-0.3, -0.25) is 4.79 Å². The summed E-state index contributed by atoms with van der Waals surface area (Å²) in [4.78, 5) is 53.6. The number of carbonyl (C=O) groups excluding carboxylic acids is 3. The van der Waals surface area contributed by atoms with E-state index >= 15 is 0 Å². The molecule has 10 nitrogen and oxygen atoms in total. The summed E-state index contributed by atoms with van der Waals surface area (Å²) >= 11 is 13.9. The number of carboxylic acid groups (broad SMARTS) is 1. The number of alkyl halides is 1. The molecule has 1 unspecified atom stereocenters. The molecule has 2 heterocycles. The monoisotopic (exact) mass is 653 g/mol. The maximum atomic E-state index is 14.4. The minimum atomic E-state index is -1.37. The van der Waals surface area contributed by atoms with Gasteiger partial charge in [-0.25, -0.2) is 29.0 Å². The number of carbonyl (C=O) groups is 4. The molecule has 5 rings (SSSR count). The lowest BCUT2D eigenvalue weighted by molar-refractivity contribution is -0.115. The highest BCUT2D eigenvalue weighted by atomic mass is 35.5. The van der Waals surface area contributed by atoms with Crippen molar-refractivity contribution in [3.8, 4) is 0 Å². The van der Waals surface area contributed by atoms with Crippen molar-refractivity contribution in [1.82, 2.24) is 9.58 Å². The minimum Gasteiger partial charge on any atom is -0.477 e. The summed E-state index contributed by atoms with van der Waals surface area (Å²) in [7, 11) is 0. The molecule has 1 aliphatic carbocycles. The van der Waals surface area contributed by atoms with Gasteiger partial charge in [0.25, 0.3) is 5.91 Å². The Hall–Kier alpha value is -4.28. The van der Waals surface area contributed by atoms with Crippen LogP contribution in [0.4, 0.5) is 15.3 Å². The Morgan fingerprint density at radius 1 is 0.933 bits per heavy atom. The van der Waals surface area contributed by atoms with Crippen LogP contribution in [0.1, 0.15) is 57.6 Å². The Bertz CT molecular complexity index is 1940. The smallest absolute Gasteiger partial charge is 0.430 e. The second-order valence-electron chi connectivity index (χ2n) is 12.8. The van der Waals surface area contributed by atoms with Crippen LogP contribution in [-0.4, -0.2) is 61.9 Å². The quantitative estimate of drug-likeness (QED) is 0.279. The van der Waals surface area contributed by atoms with E-state index in [0.29, 0.717) is 5.69 Å². The van der Waals surface area contributed by atoms with Gasteiger partial charge in [-0.15, -0.1) is 11.6 Å². The van der Waals surface area contributed by atoms with E-state index in [4.69, 9.17) is 32.7 Å². The molecule has 12 heteroatoms. The number of hydrogen-bond donors (Lipinski definition) is 1. The van der Waals surface area contributed by atoms with E-state index in [1.165, 1.54) is 23.0 Å². The van der Waals surface area contributed by atoms with Crippen molar-refractivity contribution >= 4 is 74.8 Å². The Kier molecular flexibility index (Phi) is 8.04. The summed E-state index contributed by atoms with van der Waals surface area (Å²) in [5.74, 6) is -1.93. The zero-order valence-electron chi connectivity index (χ0n) is 25.9. The highest BCUT2D eigenvalue weighted by molar-refractivity contribution is 6.51. The zero-order valence-corrected chi connectivity index (χ0v) is 27.4. The second-order valence-corrected chi connectivity index (χ2v) is 13.6. The molecule has 3 aromatic rings. The highest BCUT2D eigenvalue weighted by Gasteiger charge is 2.44. The standard InChI is InChI=1S/C33H33Cl2N3O7/c1-17-24-23(37(27(17)29(40)41)31(43)45-33(5,6)7)15-21(34)25(26(24)35)20-16-36(30(42)44-32(2,3)4)38(28(20)39)22-14-10-12-18-11-8-9-13-19(18)22/h8-15,21H,16H2,1-7H3,(H,40,41). The van der Waals surface area contributed by atoms with Gasteiger partial charge in [-0.2, -0.15) is 0 Å². The number of fused-ring (bicyclic) bond motifs is 2. The third kappa shape index (κ3) is 5.80. The summed E-state index contributed by atoms with van der Waals surface area (Å²) in [6.07, 6.45) is -0.220. The third-order valence-corrected chi connectivity index (χ3v) is 7.93. The largest absolute Gasteiger partial charge is 0.477 e. The number of hydrazine groups is 1. The predicted octanol–water partition coefficient (Wildman–Crippen LogP) is 5.68. The number of hydrogen-bond acceptors (Lipinski definition) is 6. The van der Waals surface area contributed by atoms with Crippen molar-refractivity contribution in [3.05, 3.63) is 75.4 Å². The minimum absolute atomic E-state index is 0.0120. The molecule has 2 amide bonds. The average molecular weight is 655 g/mol. The van der Waals surface area contributed by atoms with E-state index in [0.717, 1.165) is 15.3 Å². The van der Waals surface area contributed by atoms with Gasteiger partial charge in [0.05, 0.1) is 28.0 Å². The number of amides is 2. The van der Waals surface area contributed by atoms with E-state index in [9.17, 15) is 24.3 Å². The fourth-order valence-corrected chi connectivity index (χ4v) is 6.38. The number of benzene rings is 2. The molecule has 45 heavy (non-hydrogen) atoms. The number of halogens is 2. The fourth-order valence-electron chi connectivity index (χ4n) is 5.49. The van der Waals surface area contributed by atoms with Gasteiger partial charge in [-0.05, 0) is 71.6 Å². The maximum Gasteiger partial charge on any atom is 0.430 e. The van der Waals surface area contributed by atoms with Crippen molar-refractivity contribution in [1.29, 1.82) is 0 Å². The fraction of sp³-hybridized carbons (Fsp3) is 0.333. The normalized spacial score (nSPS) is 18.6. The number of aromatic carboxylic acids is 1. The second kappa shape index (κ2) is 11.3. The lowest BCUT2D eigenvalue weighted by atomic mass is 9.98. The van der Waals surface area contributed by atoms with E-state index in [-0.39, 0.29) is 44.5 Å². The number of aromatic nitrogens is 1. The predicted molar refractivity (Wildman–Crippen MR) is 172 cm³/mol. The first-order chi connectivity index (χ1) is 20.9. The Morgan fingerprint density at radius 2 is 1.53 bits per heavy atom. The van der Waals surface area contributed by atoms with Crippen molar-refractivity contribution in [2.75, 3.05) is 11.6 Å². The van der Waals surface area contributed by atoms with Gasteiger partial charge in [-0.1, -0.05) is 48.0 Å². The van der Waals surface area contributed by atoms with Crippen molar-refractivity contribution in [2.24, 2.45) is 0 Å². The topological polar surface area (TPSA) is 118 Å². The lowest BCUT2D eigenvalue weighted by Gasteiger charge is -2.30. The molecule has 1 aromatic heterocycles. The van der Waals surface area contributed by atoms with E-state index in [1.807, 2.05) is 30.3 Å². The molecule has 1 saturated heterocycles. The number of carboxylic acids is 1. The van der Waals surface area contributed by atoms with Crippen LogP contribution < -0.4 is 15.6 Å². The average Bonchev–Trinajstić information content (AvgIpc) is 3.40. The molecule has 2 aromatic carbocycles. The number of nitrogens with zero attached hydrogens (tertiary/aromatic N) is 3. The maximum absolute atomic E-state index is 14.4. The van der Waals surface area contributed by atoms with Crippen molar-refractivity contribution < 1.29 is 33.8 Å². The zero-order chi connectivity index (χ0) is 33.2. The Labute approximate surface area is 269 Å². The molecule has 1 N–H and O–H groups in total. The van der Waals surface area contributed by atoms with Crippen LogP contribution >= 0.6 is 23.2 Å². The van der Waals surface area contributed by atoms with Crippen LogP contribution in [0.2, 0.25) is 0 Å². The SMILES string of the molecule is Cc1c(C(=O)O)n(C(=O)OC(C)(C)C)c2c1=C(Cl)C(=C1CN(C(=O)OC(C)(C)C)N(c3cccc4ccccc34)C1=O)C(Cl)C=2. The van der Waals surface area contributed by atoms with Gasteiger partial charge < -0.3 is 14.6 Å². The van der Waals surface area contributed by atoms with Crippen molar-refractivity contribution in [2.45, 2.75) is 65.0 Å². The molecular weight excluding hydrogens is 621 g/mol. The molecule has 1 fully saturated rings. The lowest BCUT2D eigenvalue weighted by Crippen LogP contribution is -2.45. The van der Waals surface area contributed by atoms with Gasteiger partial charge in [0, 0.05) is 21.8 Å². The van der Waals surface area contributed by atoms with Crippen LogP contribution in [0.15, 0.2) is 53.6 Å². The summed E-state index contributed by atoms with van der Waals surface area (Å²) in [6, 6.07) is 12.8. The van der Waals surface area contributed by atoms with E-state index < -0.39 is 40.6 Å². The third-order valence-electron chi connectivity index (χ3n) is 7.19. The highest BCUT2D eigenvalue weighted by Crippen LogP contribution is 2.38. The molecule has 1 aliphatic heterocycles. The van der Waals surface area contributed by atoms with Crippen LogP contribution in [0.3, 0.4) is 0 Å². The number of allylic oxidation sites excluding steroid dienone is 1. The summed E-state index contributed by atoms with van der Waals surface area (Å²) in [6.45, 7) is 11.4. The Morgan fingerprint density at radius 3 is 2.16 bits per heavy atom. The molecule has 0 saturated carbocycles. The van der Waals surface area contributed by atoms with E-state index in [1.54, 1.807) is 53.7 Å². The first kappa shape index (κ1) is 32.1.